The molecule has 0 unspecified atom stereocenters. The van der Waals surface area contributed by atoms with E-state index in [1.807, 2.05) is 30.3 Å². The molecule has 1 N–H and O–H groups in total. The monoisotopic (exact) mass is 306 g/mol. The van der Waals surface area contributed by atoms with Crippen molar-refractivity contribution in [2.75, 3.05) is 6.61 Å². The Balaban J connectivity index is 2.08. The minimum atomic E-state index is -1.22. The Kier molecular flexibility index (Phi) is 5.22. The molecule has 0 aliphatic rings. The van der Waals surface area contributed by atoms with E-state index in [-0.39, 0.29) is 12.2 Å². The van der Waals surface area contributed by atoms with Crippen molar-refractivity contribution >= 4 is 5.78 Å². The van der Waals surface area contributed by atoms with Crippen LogP contribution in [-0.4, -0.2) is 23.6 Å². The molecule has 0 aliphatic heterocycles. The number of halogens is 2. The van der Waals surface area contributed by atoms with Crippen LogP contribution in [0.5, 0.6) is 5.75 Å². The van der Waals surface area contributed by atoms with Crippen molar-refractivity contribution in [1.82, 2.24) is 0 Å². The highest BCUT2D eigenvalue weighted by Gasteiger charge is 2.19. The SMILES string of the molecule is CC(=O)c1ccc(F)c(F)c1OC[C@@H](O)Cc1ccccc1. The minimum Gasteiger partial charge on any atom is -0.487 e. The molecule has 2 rings (SSSR count). The number of carbonyl (C=O) groups excluding carboxylic acids is 1. The Hall–Kier alpha value is -2.27. The standard InChI is InChI=1S/C17H16F2O3/c1-11(20)14-7-8-15(18)16(19)17(14)22-10-13(21)9-12-5-3-2-4-6-12/h2-8,13,21H,9-10H2,1H3/t13-/m0/s1. The summed E-state index contributed by atoms with van der Waals surface area (Å²) in [5, 5.41) is 9.93. The van der Waals surface area contributed by atoms with Gasteiger partial charge in [-0.1, -0.05) is 30.3 Å². The van der Waals surface area contributed by atoms with E-state index in [4.69, 9.17) is 4.74 Å². The van der Waals surface area contributed by atoms with Crippen LogP contribution < -0.4 is 4.74 Å². The molecule has 0 amide bonds. The van der Waals surface area contributed by atoms with Crippen LogP contribution in [0.4, 0.5) is 8.78 Å². The van der Waals surface area contributed by atoms with Gasteiger partial charge in [0.2, 0.25) is 5.82 Å². The first-order chi connectivity index (χ1) is 10.5. The minimum absolute atomic E-state index is 0.0502. The normalized spacial score (nSPS) is 12.0. The van der Waals surface area contributed by atoms with Gasteiger partial charge >= 0.3 is 0 Å². The molecule has 0 bridgehead atoms. The third-order valence-corrected chi connectivity index (χ3v) is 3.16. The van der Waals surface area contributed by atoms with E-state index in [0.29, 0.717) is 6.42 Å². The first-order valence-electron chi connectivity index (χ1n) is 6.82. The highest BCUT2D eigenvalue weighted by Crippen LogP contribution is 2.26. The zero-order valence-corrected chi connectivity index (χ0v) is 12.1. The zero-order chi connectivity index (χ0) is 16.1. The van der Waals surface area contributed by atoms with Crippen LogP contribution in [0.2, 0.25) is 0 Å². The van der Waals surface area contributed by atoms with Crippen LogP contribution in [0.15, 0.2) is 42.5 Å². The van der Waals surface area contributed by atoms with E-state index < -0.39 is 29.3 Å². The molecule has 0 aromatic heterocycles. The molecule has 116 valence electrons. The lowest BCUT2D eigenvalue weighted by molar-refractivity contribution is 0.0963. The van der Waals surface area contributed by atoms with Gasteiger partial charge < -0.3 is 9.84 Å². The van der Waals surface area contributed by atoms with Crippen LogP contribution in [0.1, 0.15) is 22.8 Å². The van der Waals surface area contributed by atoms with E-state index in [0.717, 1.165) is 11.6 Å². The van der Waals surface area contributed by atoms with Crippen molar-refractivity contribution in [3.63, 3.8) is 0 Å². The quantitative estimate of drug-likeness (QED) is 0.834. The molecule has 0 spiro atoms. The Bertz CT molecular complexity index is 656. The van der Waals surface area contributed by atoms with Crippen molar-refractivity contribution < 1.29 is 23.4 Å². The van der Waals surface area contributed by atoms with Crippen LogP contribution in [0.3, 0.4) is 0 Å². The van der Waals surface area contributed by atoms with E-state index in [9.17, 15) is 18.7 Å². The molecule has 0 radical (unpaired) electrons. The number of aliphatic hydroxyl groups is 1. The lowest BCUT2D eigenvalue weighted by Crippen LogP contribution is -2.21. The van der Waals surface area contributed by atoms with Crippen LogP contribution in [0.25, 0.3) is 0 Å². The molecule has 5 heteroatoms. The van der Waals surface area contributed by atoms with E-state index in [2.05, 4.69) is 0 Å². The summed E-state index contributed by atoms with van der Waals surface area (Å²) in [6, 6.07) is 11.2. The second-order valence-electron chi connectivity index (χ2n) is 4.95. The second kappa shape index (κ2) is 7.13. The summed E-state index contributed by atoms with van der Waals surface area (Å²) >= 11 is 0. The topological polar surface area (TPSA) is 46.5 Å². The Morgan fingerprint density at radius 2 is 1.86 bits per heavy atom. The van der Waals surface area contributed by atoms with Gasteiger partial charge in [0.25, 0.3) is 0 Å². The molecule has 0 heterocycles. The van der Waals surface area contributed by atoms with Crippen LogP contribution in [0, 0.1) is 11.6 Å². The molecular formula is C17H16F2O3. The third kappa shape index (κ3) is 3.89. The number of rotatable bonds is 6. The molecule has 2 aromatic rings. The summed E-state index contributed by atoms with van der Waals surface area (Å²) in [5.74, 6) is -3.22. The maximum Gasteiger partial charge on any atom is 0.201 e. The van der Waals surface area contributed by atoms with Gasteiger partial charge in [-0.05, 0) is 24.6 Å². The number of ketones is 1. The molecule has 22 heavy (non-hydrogen) atoms. The van der Waals surface area contributed by atoms with E-state index in [1.54, 1.807) is 0 Å². The predicted molar refractivity (Wildman–Crippen MR) is 78.0 cm³/mol. The maximum absolute atomic E-state index is 13.8. The number of aliphatic hydroxyl groups excluding tert-OH is 1. The lowest BCUT2D eigenvalue weighted by atomic mass is 10.1. The summed E-state index contributed by atoms with van der Waals surface area (Å²) < 4.78 is 32.2. The van der Waals surface area contributed by atoms with Crippen molar-refractivity contribution in [1.29, 1.82) is 0 Å². The fraction of sp³-hybridized carbons (Fsp3) is 0.235. The first kappa shape index (κ1) is 16.1. The number of carbonyl (C=O) groups is 1. The summed E-state index contributed by atoms with van der Waals surface area (Å²) in [5.41, 5.74) is 0.843. The lowest BCUT2D eigenvalue weighted by Gasteiger charge is -2.15. The molecule has 0 saturated heterocycles. The fourth-order valence-corrected chi connectivity index (χ4v) is 2.08. The Labute approximate surface area is 127 Å². The first-order valence-corrected chi connectivity index (χ1v) is 6.82. The molecular weight excluding hydrogens is 290 g/mol. The van der Waals surface area contributed by atoms with Gasteiger partial charge in [0.1, 0.15) is 6.61 Å². The van der Waals surface area contributed by atoms with E-state index >= 15 is 0 Å². The third-order valence-electron chi connectivity index (χ3n) is 3.16. The molecule has 0 aliphatic carbocycles. The van der Waals surface area contributed by atoms with Gasteiger partial charge in [-0.3, -0.25) is 4.79 Å². The van der Waals surface area contributed by atoms with Gasteiger partial charge in [0.15, 0.2) is 17.3 Å². The molecule has 3 nitrogen and oxygen atoms in total. The summed E-state index contributed by atoms with van der Waals surface area (Å²) in [6.07, 6.45) is -0.586. The summed E-state index contributed by atoms with van der Waals surface area (Å²) in [4.78, 5) is 11.4. The van der Waals surface area contributed by atoms with Crippen molar-refractivity contribution in [2.45, 2.75) is 19.4 Å². The van der Waals surface area contributed by atoms with Gasteiger partial charge in [-0.15, -0.1) is 0 Å². The number of hydrogen-bond donors (Lipinski definition) is 1. The van der Waals surface area contributed by atoms with E-state index in [1.165, 1.54) is 13.0 Å². The second-order valence-corrected chi connectivity index (χ2v) is 4.95. The van der Waals surface area contributed by atoms with Crippen molar-refractivity contribution in [2.24, 2.45) is 0 Å². The van der Waals surface area contributed by atoms with Crippen LogP contribution >= 0.6 is 0 Å². The number of hydrogen-bond acceptors (Lipinski definition) is 3. The molecule has 0 fully saturated rings. The predicted octanol–water partition coefficient (Wildman–Crippen LogP) is 3.15. The molecule has 1 atom stereocenters. The number of ether oxygens (including phenoxy) is 1. The zero-order valence-electron chi connectivity index (χ0n) is 12.1. The Morgan fingerprint density at radius 1 is 1.18 bits per heavy atom. The smallest absolute Gasteiger partial charge is 0.201 e. The van der Waals surface area contributed by atoms with Gasteiger partial charge in [-0.25, -0.2) is 4.39 Å². The molecule has 2 aromatic carbocycles. The maximum atomic E-state index is 13.8. The molecule has 0 saturated carbocycles. The fourth-order valence-electron chi connectivity index (χ4n) is 2.08. The van der Waals surface area contributed by atoms with Gasteiger partial charge in [0.05, 0.1) is 11.7 Å². The number of Topliss-reactive ketones (excluding diaryl/α,β-unsaturated/α-hetero) is 1. The Morgan fingerprint density at radius 3 is 2.50 bits per heavy atom. The summed E-state index contributed by atoms with van der Waals surface area (Å²) in [6.45, 7) is 0.996. The highest BCUT2D eigenvalue weighted by molar-refractivity contribution is 5.96. The van der Waals surface area contributed by atoms with Crippen LogP contribution in [-0.2, 0) is 6.42 Å². The average Bonchev–Trinajstić information content (AvgIpc) is 2.49. The van der Waals surface area contributed by atoms with Gasteiger partial charge in [-0.2, -0.15) is 4.39 Å². The average molecular weight is 306 g/mol. The highest BCUT2D eigenvalue weighted by atomic mass is 19.2. The number of benzene rings is 2. The largest absolute Gasteiger partial charge is 0.487 e. The van der Waals surface area contributed by atoms with Crippen molar-refractivity contribution in [3.8, 4) is 5.75 Å². The van der Waals surface area contributed by atoms with Gasteiger partial charge in [0, 0.05) is 6.42 Å². The summed E-state index contributed by atoms with van der Waals surface area (Å²) in [7, 11) is 0. The van der Waals surface area contributed by atoms with Crippen molar-refractivity contribution in [3.05, 3.63) is 65.2 Å².